The highest BCUT2D eigenvalue weighted by Crippen LogP contribution is 2.51. The molecule has 1 aromatic carbocycles. The molecule has 0 aliphatic heterocycles. The third-order valence-electron chi connectivity index (χ3n) is 3.57. The maximum atomic E-state index is 11.2. The maximum Gasteiger partial charge on any atom is 0.483 e. The summed E-state index contributed by atoms with van der Waals surface area (Å²) in [6.45, 7) is 6.19. The first-order valence-corrected chi connectivity index (χ1v) is 8.62. The Hall–Kier alpha value is -1.25. The van der Waals surface area contributed by atoms with Gasteiger partial charge in [-0.1, -0.05) is 12.1 Å². The highest BCUT2D eigenvalue weighted by atomic mass is 31.2. The molecular formula is C14H20NO3P+2. The molecule has 0 saturated heterocycles. The molecule has 5 heteroatoms. The zero-order chi connectivity index (χ0) is 14.0. The Morgan fingerprint density at radius 1 is 1.47 bits per heavy atom. The molecule has 102 valence electrons. The summed E-state index contributed by atoms with van der Waals surface area (Å²) in [5, 5.41) is 9.68. The second kappa shape index (κ2) is 5.40. The van der Waals surface area contributed by atoms with Crippen molar-refractivity contribution in [1.29, 1.82) is 0 Å². The van der Waals surface area contributed by atoms with Crippen molar-refractivity contribution in [1.82, 2.24) is 0 Å². The van der Waals surface area contributed by atoms with Gasteiger partial charge in [0.15, 0.2) is 0 Å². The number of hydrogen-bond donors (Lipinski definition) is 2. The summed E-state index contributed by atoms with van der Waals surface area (Å²) < 4.78 is 1.81. The minimum Gasteiger partial charge on any atom is -0.449 e. The van der Waals surface area contributed by atoms with Crippen molar-refractivity contribution in [2.24, 2.45) is 5.92 Å². The number of hydrogen-bond acceptors (Lipinski definition) is 2. The van der Waals surface area contributed by atoms with Gasteiger partial charge in [0.05, 0.1) is 6.66 Å². The lowest BCUT2D eigenvalue weighted by Crippen LogP contribution is -2.21. The minimum atomic E-state index is -3.16. The Morgan fingerprint density at radius 2 is 2.11 bits per heavy atom. The van der Waals surface area contributed by atoms with Crippen molar-refractivity contribution in [2.75, 3.05) is 13.2 Å². The molecule has 1 unspecified atom stereocenters. The number of carboxylic acid groups (broad SMARTS) is 1. The lowest BCUT2D eigenvalue weighted by atomic mass is 10.2. The van der Waals surface area contributed by atoms with Gasteiger partial charge >= 0.3 is 5.71 Å². The number of benzene rings is 1. The van der Waals surface area contributed by atoms with Gasteiger partial charge in [-0.2, -0.15) is 0 Å². The van der Waals surface area contributed by atoms with Crippen LogP contribution in [0.4, 0.5) is 10.5 Å². The highest BCUT2D eigenvalue weighted by Gasteiger charge is 2.47. The van der Waals surface area contributed by atoms with Crippen LogP contribution >= 0.6 is 7.49 Å². The van der Waals surface area contributed by atoms with E-state index < -0.39 is 13.2 Å². The number of para-hydroxylation sites is 1. The lowest BCUT2D eigenvalue weighted by Gasteiger charge is -2.11. The fraction of sp³-hybridized carbons (Fsp3) is 0.429. The second-order valence-electron chi connectivity index (χ2n) is 5.23. The first kappa shape index (κ1) is 14.2. The average Bonchev–Trinajstić information content (AvgIpc) is 3.19. The van der Waals surface area contributed by atoms with Crippen LogP contribution in [0.25, 0.3) is 0 Å². The van der Waals surface area contributed by atoms with Crippen LogP contribution < -0.4 is 5.30 Å². The van der Waals surface area contributed by atoms with Crippen LogP contribution in [-0.4, -0.2) is 40.2 Å². The summed E-state index contributed by atoms with van der Waals surface area (Å²) in [6, 6.07) is 7.11. The first-order chi connectivity index (χ1) is 8.93. The number of rotatable bonds is 6. The van der Waals surface area contributed by atoms with Gasteiger partial charge in [0.25, 0.3) is 13.2 Å². The van der Waals surface area contributed by atoms with E-state index in [0.29, 0.717) is 5.30 Å². The zero-order valence-corrected chi connectivity index (χ0v) is 12.0. The van der Waals surface area contributed by atoms with Crippen LogP contribution in [0.15, 0.2) is 24.3 Å². The Kier molecular flexibility index (Phi) is 4.02. The molecule has 1 aromatic rings. The van der Waals surface area contributed by atoms with Crippen molar-refractivity contribution in [3.63, 3.8) is 0 Å². The van der Waals surface area contributed by atoms with E-state index >= 15 is 0 Å². The second-order valence-corrected chi connectivity index (χ2v) is 8.01. The van der Waals surface area contributed by atoms with Gasteiger partial charge in [0.2, 0.25) is 5.30 Å². The molecule has 2 N–H and O–H groups in total. The highest BCUT2D eigenvalue weighted by molar-refractivity contribution is 7.91. The molecule has 1 aliphatic rings. The standard InChI is InChI=1S/C14H19NO3P/c1-15(10-9-11-7-8-11)12-5-3-4-6-13(12)19(2,18)14(16)17/h3-6,11,18H,1,7-10H2,2H3/q+1/p+1. The third-order valence-corrected chi connectivity index (χ3v) is 5.63. The van der Waals surface area contributed by atoms with E-state index in [1.54, 1.807) is 12.1 Å². The molecule has 0 aromatic heterocycles. The number of carbonyl (C=O) groups is 1. The van der Waals surface area contributed by atoms with E-state index in [4.69, 9.17) is 0 Å². The SMILES string of the molecule is C=[N+](CCC1CC1)c1ccccc1[P+](C)(O)C(=O)O. The predicted molar refractivity (Wildman–Crippen MR) is 78.4 cm³/mol. The lowest BCUT2D eigenvalue weighted by molar-refractivity contribution is -0.431. The first-order valence-electron chi connectivity index (χ1n) is 6.43. The quantitative estimate of drug-likeness (QED) is 0.479. The van der Waals surface area contributed by atoms with Gasteiger partial charge in [-0.25, -0.2) is 14.3 Å². The normalized spacial score (nSPS) is 17.8. The fourth-order valence-corrected chi connectivity index (χ4v) is 3.31. The van der Waals surface area contributed by atoms with Gasteiger partial charge in [0, 0.05) is 12.5 Å². The molecule has 1 fully saturated rings. The van der Waals surface area contributed by atoms with Gasteiger partial charge in [-0.15, -0.1) is 0 Å². The summed E-state index contributed by atoms with van der Waals surface area (Å²) in [6.07, 6.45) is 3.65. The monoisotopic (exact) mass is 281 g/mol. The fourth-order valence-electron chi connectivity index (χ4n) is 2.07. The maximum absolute atomic E-state index is 11.2. The van der Waals surface area contributed by atoms with E-state index in [-0.39, 0.29) is 0 Å². The molecule has 4 nitrogen and oxygen atoms in total. The Labute approximate surface area is 113 Å². The molecule has 0 bridgehead atoms. The summed E-state index contributed by atoms with van der Waals surface area (Å²) in [5.74, 6) is 0.797. The smallest absolute Gasteiger partial charge is 0.449 e. The molecule has 2 rings (SSSR count). The van der Waals surface area contributed by atoms with Gasteiger partial charge in [0.1, 0.15) is 13.3 Å². The number of nitrogens with zero attached hydrogens (tertiary/aromatic N) is 1. The average molecular weight is 281 g/mol. The topological polar surface area (TPSA) is 60.5 Å². The van der Waals surface area contributed by atoms with Crippen LogP contribution in [0, 0.1) is 5.92 Å². The van der Waals surface area contributed by atoms with Crippen LogP contribution in [0.3, 0.4) is 0 Å². The van der Waals surface area contributed by atoms with Crippen molar-refractivity contribution in [3.05, 3.63) is 24.3 Å². The largest absolute Gasteiger partial charge is 0.483 e. The van der Waals surface area contributed by atoms with E-state index in [2.05, 4.69) is 6.72 Å². The van der Waals surface area contributed by atoms with E-state index in [1.165, 1.54) is 19.5 Å². The van der Waals surface area contributed by atoms with Crippen LogP contribution in [0.5, 0.6) is 0 Å². The summed E-state index contributed by atoms with van der Waals surface area (Å²) in [4.78, 5) is 21.5. The van der Waals surface area contributed by atoms with E-state index in [9.17, 15) is 14.8 Å². The van der Waals surface area contributed by atoms with Crippen LogP contribution in [0.2, 0.25) is 0 Å². The van der Waals surface area contributed by atoms with Crippen molar-refractivity contribution < 1.29 is 19.4 Å². The summed E-state index contributed by atoms with van der Waals surface area (Å²) in [7, 11) is -3.16. The molecule has 0 radical (unpaired) electrons. The third kappa shape index (κ3) is 3.20. The van der Waals surface area contributed by atoms with Gasteiger partial charge < -0.3 is 5.11 Å². The molecule has 0 heterocycles. The molecule has 1 saturated carbocycles. The molecule has 19 heavy (non-hydrogen) atoms. The van der Waals surface area contributed by atoms with E-state index in [1.807, 2.05) is 16.7 Å². The molecule has 1 atom stereocenters. The van der Waals surface area contributed by atoms with Crippen LogP contribution in [0.1, 0.15) is 19.3 Å². The molecule has 0 spiro atoms. The molecule has 0 amide bonds. The summed E-state index contributed by atoms with van der Waals surface area (Å²) >= 11 is 0. The van der Waals surface area contributed by atoms with E-state index in [0.717, 1.165) is 24.6 Å². The summed E-state index contributed by atoms with van der Waals surface area (Å²) in [5.41, 5.74) is -0.417. The van der Waals surface area contributed by atoms with Crippen molar-refractivity contribution >= 4 is 30.9 Å². The van der Waals surface area contributed by atoms with Crippen LogP contribution in [-0.2, 0) is 0 Å². The zero-order valence-electron chi connectivity index (χ0n) is 11.1. The molecule has 1 aliphatic carbocycles. The Balaban J connectivity index is 2.24. The van der Waals surface area contributed by atoms with Crippen molar-refractivity contribution in [3.8, 4) is 0 Å². The Bertz CT molecular complexity index is 509. The van der Waals surface area contributed by atoms with Gasteiger partial charge in [-0.05, 0) is 24.8 Å². The predicted octanol–water partition coefficient (Wildman–Crippen LogP) is 2.69. The van der Waals surface area contributed by atoms with Gasteiger partial charge in [-0.3, -0.25) is 0 Å². The minimum absolute atomic E-state index is 0.494. The Morgan fingerprint density at radius 3 is 2.68 bits per heavy atom. The van der Waals surface area contributed by atoms with Crippen molar-refractivity contribution in [2.45, 2.75) is 19.3 Å². The molecular weight excluding hydrogens is 261 g/mol.